The van der Waals surface area contributed by atoms with Crippen molar-refractivity contribution in [2.24, 2.45) is 10.9 Å². The molecule has 0 aliphatic rings. The number of nitriles is 2. The molecule has 0 fully saturated rings. The number of halogens is 3. The maximum absolute atomic E-state index is 12.4. The lowest BCUT2D eigenvalue weighted by Gasteiger charge is -2.08. The van der Waals surface area contributed by atoms with Crippen molar-refractivity contribution in [1.29, 1.82) is 10.5 Å². The average molecular weight is 349 g/mol. The van der Waals surface area contributed by atoms with E-state index < -0.39 is 11.7 Å². The maximum atomic E-state index is 12.4. The van der Waals surface area contributed by atoms with E-state index in [0.717, 1.165) is 17.7 Å². The molecule has 0 atom stereocenters. The van der Waals surface area contributed by atoms with Gasteiger partial charge in [0.1, 0.15) is 6.61 Å². The lowest BCUT2D eigenvalue weighted by atomic mass is 10.1. The third-order valence-electron chi connectivity index (χ3n) is 2.65. The van der Waals surface area contributed by atoms with E-state index in [0.29, 0.717) is 11.4 Å². The van der Waals surface area contributed by atoms with Crippen molar-refractivity contribution in [1.82, 2.24) is 4.98 Å². The Hall–Kier alpha value is -3.59. The van der Waals surface area contributed by atoms with Crippen molar-refractivity contribution < 1.29 is 17.9 Å². The van der Waals surface area contributed by atoms with Crippen molar-refractivity contribution in [3.63, 3.8) is 0 Å². The van der Waals surface area contributed by atoms with Crippen LogP contribution in [0, 0.1) is 23.7 Å². The van der Waals surface area contributed by atoms with Crippen LogP contribution in [0.15, 0.2) is 47.7 Å². The number of ether oxygens (including phenoxy) is 1. The summed E-state index contributed by atoms with van der Waals surface area (Å²) in [4.78, 5) is 4.02. The first-order valence-electron chi connectivity index (χ1n) is 6.49. The van der Waals surface area contributed by atoms with Crippen molar-refractivity contribution in [2.75, 3.05) is 0 Å². The molecule has 1 heterocycles. The summed E-state index contributed by atoms with van der Waals surface area (Å²) in [5.74, 6) is 5.37. The zero-order valence-corrected chi connectivity index (χ0v) is 12.9. The molecule has 2 N–H and O–H groups in total. The van der Waals surface area contributed by atoms with Crippen LogP contribution in [0.4, 0.5) is 13.2 Å². The molecule has 1 aromatic carbocycles. The Kier molecular flexibility index (Phi) is 9.44. The van der Waals surface area contributed by atoms with Crippen molar-refractivity contribution in [3.8, 4) is 19.0 Å². The number of benzene rings is 1. The van der Waals surface area contributed by atoms with Gasteiger partial charge in [-0.1, -0.05) is 12.1 Å². The van der Waals surface area contributed by atoms with Gasteiger partial charge in [-0.2, -0.15) is 18.3 Å². The number of hydrazone groups is 1. The zero-order chi connectivity index (χ0) is 19.3. The molecule has 0 aliphatic carbocycles. The molecule has 0 saturated heterocycles. The first-order valence-corrected chi connectivity index (χ1v) is 6.49. The molecule has 9 heteroatoms. The number of alkyl halides is 3. The summed E-state index contributed by atoms with van der Waals surface area (Å²) in [6, 6.07) is 8.13. The highest BCUT2D eigenvalue weighted by atomic mass is 19.4. The van der Waals surface area contributed by atoms with Gasteiger partial charge in [0.15, 0.2) is 0 Å². The third-order valence-corrected chi connectivity index (χ3v) is 2.65. The van der Waals surface area contributed by atoms with Gasteiger partial charge in [-0.3, -0.25) is 0 Å². The molecular weight excluding hydrogens is 335 g/mol. The number of nitrogens with zero attached hydrogens (tertiary/aromatic N) is 4. The predicted octanol–water partition coefficient (Wildman–Crippen LogP) is 3.25. The van der Waals surface area contributed by atoms with Gasteiger partial charge >= 0.3 is 6.18 Å². The minimum atomic E-state index is -4.33. The highest BCUT2D eigenvalue weighted by Crippen LogP contribution is 2.29. The smallest absolute Gasteiger partial charge is 0.416 e. The molecule has 0 radical (unpaired) electrons. The molecule has 0 saturated carbocycles. The van der Waals surface area contributed by atoms with Gasteiger partial charge in [0.2, 0.25) is 5.88 Å². The molecule has 0 aliphatic heterocycles. The van der Waals surface area contributed by atoms with Crippen LogP contribution in [-0.4, -0.2) is 11.2 Å². The van der Waals surface area contributed by atoms with Crippen molar-refractivity contribution in [3.05, 3.63) is 59.3 Å². The fourth-order valence-corrected chi connectivity index (χ4v) is 1.59. The van der Waals surface area contributed by atoms with Gasteiger partial charge in [0.25, 0.3) is 0 Å². The fraction of sp³-hybridized carbons (Fsp3) is 0.125. The minimum absolute atomic E-state index is 0.134. The first-order chi connectivity index (χ1) is 12.0. The fourth-order valence-electron chi connectivity index (χ4n) is 1.59. The number of rotatable bonds is 4. The summed E-state index contributed by atoms with van der Waals surface area (Å²) in [7, 11) is 0. The Labute approximate surface area is 142 Å². The van der Waals surface area contributed by atoms with E-state index in [-0.39, 0.29) is 6.61 Å². The summed E-state index contributed by atoms with van der Waals surface area (Å²) < 4.78 is 42.6. The van der Waals surface area contributed by atoms with Crippen LogP contribution in [0.5, 0.6) is 5.88 Å². The van der Waals surface area contributed by atoms with E-state index in [1.165, 1.54) is 24.5 Å². The molecule has 6 nitrogen and oxygen atoms in total. The number of hydrogen-bond acceptors (Lipinski definition) is 6. The summed E-state index contributed by atoms with van der Waals surface area (Å²) in [6.07, 6.45) is -1.37. The molecule has 0 spiro atoms. The molecule has 0 unspecified atom stereocenters. The van der Waals surface area contributed by atoms with Crippen LogP contribution in [-0.2, 0) is 12.8 Å². The number of aromatic nitrogens is 1. The Bertz CT molecular complexity index is 686. The van der Waals surface area contributed by atoms with Gasteiger partial charge in [0, 0.05) is 31.0 Å². The second-order valence-electron chi connectivity index (χ2n) is 4.19. The van der Waals surface area contributed by atoms with Gasteiger partial charge in [-0.25, -0.2) is 15.5 Å². The van der Waals surface area contributed by atoms with Gasteiger partial charge < -0.3 is 10.6 Å². The standard InChI is InChI=1S/C14H12F3N3O.2CHN/c15-14(16,17)12-4-1-10(2-5-12)9-21-13-6-3-11(7-19-13)8-20-18;2*1-2/h1-8H,9,18H2;2*1H. The van der Waals surface area contributed by atoms with Crippen molar-refractivity contribution >= 4 is 6.21 Å². The van der Waals surface area contributed by atoms with E-state index >= 15 is 0 Å². The van der Waals surface area contributed by atoms with E-state index in [1.807, 2.05) is 0 Å². The molecule has 2 aromatic rings. The number of nitrogens with two attached hydrogens (primary N) is 1. The SMILES string of the molecule is C#N.C#N.NN=Cc1ccc(OCc2ccc(C(F)(F)F)cc2)nc1. The Balaban J connectivity index is 0.00000134. The van der Waals surface area contributed by atoms with Crippen LogP contribution < -0.4 is 10.6 Å². The normalized spacial score (nSPS) is 10.0. The van der Waals surface area contributed by atoms with Crippen LogP contribution >= 0.6 is 0 Å². The second kappa shape index (κ2) is 11.0. The second-order valence-corrected chi connectivity index (χ2v) is 4.19. The lowest BCUT2D eigenvalue weighted by Crippen LogP contribution is -2.05. The Morgan fingerprint density at radius 2 is 1.68 bits per heavy atom. The van der Waals surface area contributed by atoms with Crippen LogP contribution in [0.3, 0.4) is 0 Å². The first kappa shape index (κ1) is 21.4. The maximum Gasteiger partial charge on any atom is 0.416 e. The summed E-state index contributed by atoms with van der Waals surface area (Å²) in [5.41, 5.74) is 0.659. The van der Waals surface area contributed by atoms with Gasteiger partial charge in [0.05, 0.1) is 11.8 Å². The van der Waals surface area contributed by atoms with Gasteiger partial charge in [-0.15, -0.1) is 0 Å². The molecule has 0 bridgehead atoms. The highest BCUT2D eigenvalue weighted by Gasteiger charge is 2.29. The largest absolute Gasteiger partial charge is 0.473 e. The molecule has 0 amide bonds. The summed E-state index contributed by atoms with van der Waals surface area (Å²) >= 11 is 0. The quantitative estimate of drug-likeness (QED) is 0.518. The van der Waals surface area contributed by atoms with Crippen molar-refractivity contribution in [2.45, 2.75) is 12.8 Å². The summed E-state index contributed by atoms with van der Waals surface area (Å²) in [5, 5.41) is 16.4. The molecular formula is C16H14F3N5O. The van der Waals surface area contributed by atoms with E-state index in [4.69, 9.17) is 21.1 Å². The van der Waals surface area contributed by atoms with Crippen LogP contribution in [0.1, 0.15) is 16.7 Å². The van der Waals surface area contributed by atoms with Crippen LogP contribution in [0.25, 0.3) is 0 Å². The highest BCUT2D eigenvalue weighted by molar-refractivity contribution is 5.78. The van der Waals surface area contributed by atoms with E-state index in [2.05, 4.69) is 23.2 Å². The minimum Gasteiger partial charge on any atom is -0.473 e. The number of hydrogen-bond donors (Lipinski definition) is 1. The third kappa shape index (κ3) is 7.48. The molecule has 1 aromatic heterocycles. The molecule has 130 valence electrons. The Morgan fingerprint density at radius 1 is 1.08 bits per heavy atom. The average Bonchev–Trinajstić information content (AvgIpc) is 2.64. The van der Waals surface area contributed by atoms with Gasteiger partial charge in [-0.05, 0) is 23.8 Å². The monoisotopic (exact) mass is 349 g/mol. The Morgan fingerprint density at radius 3 is 2.12 bits per heavy atom. The van der Waals surface area contributed by atoms with E-state index in [1.54, 1.807) is 12.1 Å². The lowest BCUT2D eigenvalue weighted by molar-refractivity contribution is -0.137. The number of pyridine rings is 1. The topological polar surface area (TPSA) is 108 Å². The zero-order valence-electron chi connectivity index (χ0n) is 12.9. The van der Waals surface area contributed by atoms with Crippen LogP contribution in [0.2, 0.25) is 0 Å². The molecule has 25 heavy (non-hydrogen) atoms. The predicted molar refractivity (Wildman–Crippen MR) is 85.1 cm³/mol. The summed E-state index contributed by atoms with van der Waals surface area (Å²) in [6.45, 7) is 7.13. The van der Waals surface area contributed by atoms with E-state index in [9.17, 15) is 13.2 Å². The molecule has 2 rings (SSSR count).